The third-order valence-electron chi connectivity index (χ3n) is 3.46. The average molecular weight is 300 g/mol. The van der Waals surface area contributed by atoms with Crippen LogP contribution in [-0.2, 0) is 0 Å². The SMILES string of the molecule is CC(O)CCNC(c1ccccc1)c1cccc([N+](=O)[O-])c1. The second-order valence-electron chi connectivity index (χ2n) is 5.29. The second kappa shape index (κ2) is 7.68. The van der Waals surface area contributed by atoms with E-state index in [9.17, 15) is 15.2 Å². The van der Waals surface area contributed by atoms with Gasteiger partial charge < -0.3 is 10.4 Å². The van der Waals surface area contributed by atoms with Gasteiger partial charge in [0.05, 0.1) is 17.1 Å². The van der Waals surface area contributed by atoms with E-state index in [4.69, 9.17) is 0 Å². The molecule has 0 spiro atoms. The fraction of sp³-hybridized carbons (Fsp3) is 0.294. The van der Waals surface area contributed by atoms with Gasteiger partial charge in [0.2, 0.25) is 0 Å². The van der Waals surface area contributed by atoms with Crippen LogP contribution in [0.3, 0.4) is 0 Å². The van der Waals surface area contributed by atoms with Crippen LogP contribution in [0.15, 0.2) is 54.6 Å². The lowest BCUT2D eigenvalue weighted by Crippen LogP contribution is -2.25. The van der Waals surface area contributed by atoms with Crippen LogP contribution in [-0.4, -0.2) is 22.7 Å². The molecule has 0 saturated heterocycles. The number of nitro benzene ring substituents is 1. The van der Waals surface area contributed by atoms with E-state index < -0.39 is 0 Å². The van der Waals surface area contributed by atoms with Crippen LogP contribution in [0.5, 0.6) is 0 Å². The number of hydrogen-bond donors (Lipinski definition) is 2. The summed E-state index contributed by atoms with van der Waals surface area (Å²) in [4.78, 5) is 10.6. The first kappa shape index (κ1) is 16.1. The van der Waals surface area contributed by atoms with Gasteiger partial charge in [-0.15, -0.1) is 0 Å². The Morgan fingerprint density at radius 1 is 1.14 bits per heavy atom. The highest BCUT2D eigenvalue weighted by atomic mass is 16.6. The largest absolute Gasteiger partial charge is 0.393 e. The maximum absolute atomic E-state index is 11.0. The molecule has 22 heavy (non-hydrogen) atoms. The minimum absolute atomic E-state index is 0.0794. The van der Waals surface area contributed by atoms with E-state index in [1.807, 2.05) is 36.4 Å². The molecule has 5 heteroatoms. The Labute approximate surface area is 129 Å². The molecule has 0 aliphatic carbocycles. The van der Waals surface area contributed by atoms with Gasteiger partial charge in [-0.25, -0.2) is 0 Å². The molecule has 116 valence electrons. The van der Waals surface area contributed by atoms with Crippen molar-refractivity contribution in [3.05, 3.63) is 75.8 Å². The number of aliphatic hydroxyl groups excluding tert-OH is 1. The molecule has 0 aliphatic rings. The predicted octanol–water partition coefficient (Wildman–Crippen LogP) is 3.04. The van der Waals surface area contributed by atoms with Crippen molar-refractivity contribution in [2.45, 2.75) is 25.5 Å². The Bertz CT molecular complexity index is 614. The third-order valence-corrected chi connectivity index (χ3v) is 3.46. The molecule has 5 nitrogen and oxygen atoms in total. The zero-order chi connectivity index (χ0) is 15.9. The van der Waals surface area contributed by atoms with E-state index in [2.05, 4.69) is 5.32 Å². The highest BCUT2D eigenvalue weighted by molar-refractivity contribution is 5.40. The number of benzene rings is 2. The van der Waals surface area contributed by atoms with Gasteiger partial charge in [-0.3, -0.25) is 10.1 Å². The van der Waals surface area contributed by atoms with Gasteiger partial charge in [0, 0.05) is 12.1 Å². The number of nitrogens with one attached hydrogen (secondary N) is 1. The number of nitrogens with zero attached hydrogens (tertiary/aromatic N) is 1. The summed E-state index contributed by atoms with van der Waals surface area (Å²) < 4.78 is 0. The number of rotatable bonds is 7. The summed E-state index contributed by atoms with van der Waals surface area (Å²) in [5.74, 6) is 0. The smallest absolute Gasteiger partial charge is 0.269 e. The molecule has 0 fully saturated rings. The van der Waals surface area contributed by atoms with E-state index in [0.29, 0.717) is 13.0 Å². The molecular weight excluding hydrogens is 280 g/mol. The van der Waals surface area contributed by atoms with Gasteiger partial charge in [-0.2, -0.15) is 0 Å². The Morgan fingerprint density at radius 3 is 2.45 bits per heavy atom. The lowest BCUT2D eigenvalue weighted by molar-refractivity contribution is -0.384. The average Bonchev–Trinajstić information content (AvgIpc) is 2.52. The topological polar surface area (TPSA) is 75.4 Å². The van der Waals surface area contributed by atoms with Crippen molar-refractivity contribution in [2.24, 2.45) is 0 Å². The highest BCUT2D eigenvalue weighted by Gasteiger charge is 2.16. The van der Waals surface area contributed by atoms with Crippen molar-refractivity contribution in [1.82, 2.24) is 5.32 Å². The number of non-ortho nitro benzene ring substituents is 1. The van der Waals surface area contributed by atoms with Crippen molar-refractivity contribution in [2.75, 3.05) is 6.54 Å². The molecule has 2 aromatic carbocycles. The summed E-state index contributed by atoms with van der Waals surface area (Å²) in [6, 6.07) is 16.3. The van der Waals surface area contributed by atoms with Crippen LogP contribution in [0.25, 0.3) is 0 Å². The quantitative estimate of drug-likeness (QED) is 0.609. The molecule has 0 heterocycles. The van der Waals surface area contributed by atoms with E-state index in [1.54, 1.807) is 19.1 Å². The lowest BCUT2D eigenvalue weighted by Gasteiger charge is -2.20. The maximum atomic E-state index is 11.0. The molecule has 0 saturated carbocycles. The van der Waals surface area contributed by atoms with E-state index in [0.717, 1.165) is 11.1 Å². The van der Waals surface area contributed by atoms with Gasteiger partial charge in [0.1, 0.15) is 0 Å². The zero-order valence-corrected chi connectivity index (χ0v) is 12.5. The molecule has 2 rings (SSSR count). The van der Waals surface area contributed by atoms with Crippen molar-refractivity contribution >= 4 is 5.69 Å². The molecular formula is C17H20N2O3. The summed E-state index contributed by atoms with van der Waals surface area (Å²) in [5.41, 5.74) is 1.95. The first-order chi connectivity index (χ1) is 10.6. The number of nitro groups is 1. The highest BCUT2D eigenvalue weighted by Crippen LogP contribution is 2.25. The van der Waals surface area contributed by atoms with Crippen LogP contribution in [0, 0.1) is 10.1 Å². The molecule has 0 amide bonds. The van der Waals surface area contributed by atoms with E-state index >= 15 is 0 Å². The fourth-order valence-corrected chi connectivity index (χ4v) is 2.33. The maximum Gasteiger partial charge on any atom is 0.269 e. The number of hydrogen-bond acceptors (Lipinski definition) is 4. The van der Waals surface area contributed by atoms with Gasteiger partial charge in [0.25, 0.3) is 5.69 Å². The minimum atomic E-state index is -0.388. The van der Waals surface area contributed by atoms with Crippen LogP contribution in [0.4, 0.5) is 5.69 Å². The predicted molar refractivity (Wildman–Crippen MR) is 85.7 cm³/mol. The van der Waals surface area contributed by atoms with Crippen LogP contribution < -0.4 is 5.32 Å². The fourth-order valence-electron chi connectivity index (χ4n) is 2.33. The Kier molecular flexibility index (Phi) is 5.63. The molecule has 0 radical (unpaired) electrons. The van der Waals surface area contributed by atoms with Crippen molar-refractivity contribution in [3.63, 3.8) is 0 Å². The molecule has 0 aliphatic heterocycles. The molecule has 2 unspecified atom stereocenters. The van der Waals surface area contributed by atoms with E-state index in [-0.39, 0.29) is 22.8 Å². The van der Waals surface area contributed by atoms with E-state index in [1.165, 1.54) is 6.07 Å². The lowest BCUT2D eigenvalue weighted by atomic mass is 9.98. The Hall–Kier alpha value is -2.24. The molecule has 2 atom stereocenters. The summed E-state index contributed by atoms with van der Waals surface area (Å²) in [5, 5.41) is 23.7. The molecule has 2 N–H and O–H groups in total. The van der Waals surface area contributed by atoms with Crippen molar-refractivity contribution < 1.29 is 10.0 Å². The summed E-state index contributed by atoms with van der Waals surface area (Å²) in [6.07, 6.45) is 0.243. The van der Waals surface area contributed by atoms with Gasteiger partial charge in [-0.1, -0.05) is 42.5 Å². The molecule has 0 bridgehead atoms. The standard InChI is InChI=1S/C17H20N2O3/c1-13(20)10-11-18-17(14-6-3-2-4-7-14)15-8-5-9-16(12-15)19(21)22/h2-9,12-13,17-18,20H,10-11H2,1H3. The summed E-state index contributed by atoms with van der Waals surface area (Å²) >= 11 is 0. The first-order valence-electron chi connectivity index (χ1n) is 7.28. The van der Waals surface area contributed by atoms with Crippen molar-refractivity contribution in [3.8, 4) is 0 Å². The first-order valence-corrected chi connectivity index (χ1v) is 7.28. The third kappa shape index (κ3) is 4.38. The van der Waals surface area contributed by atoms with Crippen LogP contribution in [0.1, 0.15) is 30.5 Å². The molecule has 0 aromatic heterocycles. The van der Waals surface area contributed by atoms with Gasteiger partial charge in [-0.05, 0) is 31.0 Å². The Balaban J connectivity index is 2.27. The monoisotopic (exact) mass is 300 g/mol. The Morgan fingerprint density at radius 2 is 1.82 bits per heavy atom. The van der Waals surface area contributed by atoms with Crippen molar-refractivity contribution in [1.29, 1.82) is 0 Å². The van der Waals surface area contributed by atoms with Gasteiger partial charge >= 0.3 is 0 Å². The van der Waals surface area contributed by atoms with Crippen LogP contribution >= 0.6 is 0 Å². The normalized spacial score (nSPS) is 13.5. The zero-order valence-electron chi connectivity index (χ0n) is 12.5. The number of aliphatic hydroxyl groups is 1. The minimum Gasteiger partial charge on any atom is -0.393 e. The van der Waals surface area contributed by atoms with Crippen LogP contribution in [0.2, 0.25) is 0 Å². The summed E-state index contributed by atoms with van der Waals surface area (Å²) in [6.45, 7) is 2.37. The van der Waals surface area contributed by atoms with Gasteiger partial charge in [0.15, 0.2) is 0 Å². The second-order valence-corrected chi connectivity index (χ2v) is 5.29. The molecule has 2 aromatic rings. The summed E-state index contributed by atoms with van der Waals surface area (Å²) in [7, 11) is 0.